The van der Waals surface area contributed by atoms with Crippen molar-refractivity contribution in [2.75, 3.05) is 4.90 Å². The molecule has 190 valence electrons. The van der Waals surface area contributed by atoms with Gasteiger partial charge in [0.2, 0.25) is 0 Å². The molecule has 39 heavy (non-hydrogen) atoms. The third kappa shape index (κ3) is 3.05. The first-order valence-electron chi connectivity index (χ1n) is 12.7. The Morgan fingerprint density at radius 3 is 2.05 bits per heavy atom. The highest BCUT2D eigenvalue weighted by atomic mass is 19.1. The SMILES string of the molecule is O=C(c1ccccc1F)C1C(c2ccc(F)cc2)C2(C(=O)c3ccccc3C2=O)C2C=Cc3ccccc3N12. The maximum atomic E-state index is 15.1. The number of ketones is 3. The van der Waals surface area contributed by atoms with Crippen molar-refractivity contribution in [2.24, 2.45) is 5.41 Å². The average molecular weight is 518 g/mol. The number of benzene rings is 4. The van der Waals surface area contributed by atoms with E-state index < -0.39 is 40.8 Å². The molecule has 3 unspecified atom stereocenters. The molecule has 0 bridgehead atoms. The smallest absolute Gasteiger partial charge is 0.188 e. The minimum Gasteiger partial charge on any atom is -0.352 e. The van der Waals surface area contributed by atoms with E-state index in [0.717, 1.165) is 5.56 Å². The van der Waals surface area contributed by atoms with Crippen LogP contribution in [0, 0.1) is 17.0 Å². The number of hydrogen-bond donors (Lipinski definition) is 0. The number of hydrogen-bond acceptors (Lipinski definition) is 4. The second kappa shape index (κ2) is 8.40. The molecule has 0 saturated carbocycles. The highest BCUT2D eigenvalue weighted by molar-refractivity contribution is 6.32. The monoisotopic (exact) mass is 517 g/mol. The molecule has 1 saturated heterocycles. The Morgan fingerprint density at radius 1 is 0.744 bits per heavy atom. The molecule has 0 amide bonds. The number of halogens is 2. The van der Waals surface area contributed by atoms with E-state index in [2.05, 4.69) is 0 Å². The molecule has 7 rings (SSSR count). The van der Waals surface area contributed by atoms with Gasteiger partial charge in [-0.15, -0.1) is 0 Å². The molecular formula is C33H21F2NO3. The summed E-state index contributed by atoms with van der Waals surface area (Å²) in [5.74, 6) is -3.52. The molecular weight excluding hydrogens is 496 g/mol. The molecule has 0 aromatic heterocycles. The fourth-order valence-electron chi connectivity index (χ4n) is 6.78. The van der Waals surface area contributed by atoms with Crippen molar-refractivity contribution in [2.45, 2.75) is 18.0 Å². The summed E-state index contributed by atoms with van der Waals surface area (Å²) >= 11 is 0. The van der Waals surface area contributed by atoms with Gasteiger partial charge in [0.1, 0.15) is 23.1 Å². The van der Waals surface area contributed by atoms with Gasteiger partial charge in [-0.2, -0.15) is 0 Å². The molecule has 4 nitrogen and oxygen atoms in total. The number of para-hydroxylation sites is 1. The van der Waals surface area contributed by atoms with E-state index in [1.807, 2.05) is 30.3 Å². The predicted octanol–water partition coefficient (Wildman–Crippen LogP) is 6.28. The van der Waals surface area contributed by atoms with Crippen molar-refractivity contribution >= 4 is 29.1 Å². The minimum absolute atomic E-state index is 0.132. The van der Waals surface area contributed by atoms with Crippen molar-refractivity contribution in [1.29, 1.82) is 0 Å². The highest BCUT2D eigenvalue weighted by Gasteiger charge is 2.71. The Hall–Kier alpha value is -4.71. The zero-order chi connectivity index (χ0) is 26.9. The fourth-order valence-corrected chi connectivity index (χ4v) is 6.78. The summed E-state index contributed by atoms with van der Waals surface area (Å²) in [6.45, 7) is 0. The first-order valence-corrected chi connectivity index (χ1v) is 12.7. The van der Waals surface area contributed by atoms with Crippen LogP contribution >= 0.6 is 0 Å². The predicted molar refractivity (Wildman–Crippen MR) is 143 cm³/mol. The van der Waals surface area contributed by atoms with Gasteiger partial charge in [0.05, 0.1) is 11.6 Å². The topological polar surface area (TPSA) is 54.5 Å². The van der Waals surface area contributed by atoms with Crippen molar-refractivity contribution in [1.82, 2.24) is 0 Å². The minimum atomic E-state index is -1.71. The Balaban J connectivity index is 1.56. The molecule has 1 fully saturated rings. The van der Waals surface area contributed by atoms with Gasteiger partial charge in [0.15, 0.2) is 17.3 Å². The zero-order valence-corrected chi connectivity index (χ0v) is 20.6. The number of rotatable bonds is 3. The van der Waals surface area contributed by atoms with Crippen LogP contribution in [0.25, 0.3) is 6.08 Å². The lowest BCUT2D eigenvalue weighted by Gasteiger charge is -2.37. The number of Topliss-reactive ketones (excluding diaryl/α,β-unsaturated/α-hetero) is 3. The van der Waals surface area contributed by atoms with Gasteiger partial charge in [-0.1, -0.05) is 78.9 Å². The van der Waals surface area contributed by atoms with Gasteiger partial charge >= 0.3 is 0 Å². The summed E-state index contributed by atoms with van der Waals surface area (Å²) in [6, 6.07) is 23.4. The molecule has 2 aliphatic heterocycles. The zero-order valence-electron chi connectivity index (χ0n) is 20.6. The van der Waals surface area contributed by atoms with E-state index >= 15 is 4.39 Å². The third-order valence-corrected chi connectivity index (χ3v) is 8.35. The van der Waals surface area contributed by atoms with Crippen LogP contribution in [0.5, 0.6) is 0 Å². The number of carbonyl (C=O) groups excluding carboxylic acids is 3. The Labute approximate surface area is 223 Å². The summed E-state index contributed by atoms with van der Waals surface area (Å²) in [6.07, 6.45) is 3.66. The summed E-state index contributed by atoms with van der Waals surface area (Å²) < 4.78 is 29.2. The van der Waals surface area contributed by atoms with E-state index in [9.17, 15) is 18.8 Å². The van der Waals surface area contributed by atoms with E-state index in [1.165, 1.54) is 42.5 Å². The standard InChI is InChI=1S/C33H21F2NO3/c34-21-16-13-20(14-17-21)28-29(30(37)24-10-4-5-11-25(24)35)36-26-12-6-1-7-19(26)15-18-27(36)33(28)31(38)22-8-2-3-9-23(22)32(33)39/h1-18,27-29H. The van der Waals surface area contributed by atoms with Gasteiger partial charge in [-0.3, -0.25) is 14.4 Å². The Kier molecular flexibility index (Phi) is 5.04. The third-order valence-electron chi connectivity index (χ3n) is 8.35. The fraction of sp³-hybridized carbons (Fsp3) is 0.121. The second-order valence-corrected chi connectivity index (χ2v) is 10.2. The Morgan fingerprint density at radius 2 is 1.36 bits per heavy atom. The first kappa shape index (κ1) is 23.4. The van der Waals surface area contributed by atoms with Crippen molar-refractivity contribution in [3.05, 3.63) is 143 Å². The van der Waals surface area contributed by atoms with Crippen molar-refractivity contribution in [3.63, 3.8) is 0 Å². The first-order chi connectivity index (χ1) is 18.9. The summed E-state index contributed by atoms with van der Waals surface area (Å²) in [4.78, 5) is 45.2. The van der Waals surface area contributed by atoms with Crippen LogP contribution < -0.4 is 4.90 Å². The normalized spacial score (nSPS) is 22.1. The van der Waals surface area contributed by atoms with Gasteiger partial charge in [-0.05, 0) is 41.5 Å². The van der Waals surface area contributed by atoms with Gasteiger partial charge < -0.3 is 4.90 Å². The maximum Gasteiger partial charge on any atom is 0.188 e. The van der Waals surface area contributed by atoms with Gasteiger partial charge in [-0.25, -0.2) is 8.78 Å². The van der Waals surface area contributed by atoms with E-state index in [4.69, 9.17) is 0 Å². The van der Waals surface area contributed by atoms with Gasteiger partial charge in [0, 0.05) is 22.7 Å². The molecule has 1 aliphatic carbocycles. The van der Waals surface area contributed by atoms with Crippen LogP contribution in [0.1, 0.15) is 48.1 Å². The highest BCUT2D eigenvalue weighted by Crippen LogP contribution is 2.61. The summed E-state index contributed by atoms with van der Waals surface area (Å²) in [5.41, 5.74) is 0.679. The van der Waals surface area contributed by atoms with Crippen LogP contribution in [-0.4, -0.2) is 29.4 Å². The van der Waals surface area contributed by atoms with E-state index in [-0.39, 0.29) is 17.1 Å². The molecule has 4 aromatic rings. The molecule has 3 aliphatic rings. The molecule has 3 atom stereocenters. The lowest BCUT2D eigenvalue weighted by Crippen LogP contribution is -2.48. The van der Waals surface area contributed by atoms with Crippen LogP contribution in [0.2, 0.25) is 0 Å². The van der Waals surface area contributed by atoms with Gasteiger partial charge in [0.25, 0.3) is 0 Å². The van der Waals surface area contributed by atoms with Crippen LogP contribution in [0.15, 0.2) is 103 Å². The quantitative estimate of drug-likeness (QED) is 0.237. The van der Waals surface area contributed by atoms with Crippen molar-refractivity contribution < 1.29 is 23.2 Å². The molecule has 6 heteroatoms. The van der Waals surface area contributed by atoms with E-state index in [0.29, 0.717) is 22.4 Å². The molecule has 0 N–H and O–H groups in total. The Bertz CT molecular complexity index is 1690. The number of carbonyl (C=O) groups is 3. The van der Waals surface area contributed by atoms with E-state index in [1.54, 1.807) is 41.3 Å². The number of anilines is 1. The molecule has 4 aromatic carbocycles. The molecule has 0 radical (unpaired) electrons. The lowest BCUT2D eigenvalue weighted by molar-refractivity contribution is 0.0666. The molecule has 2 heterocycles. The van der Waals surface area contributed by atoms with Crippen molar-refractivity contribution in [3.8, 4) is 0 Å². The second-order valence-electron chi connectivity index (χ2n) is 10.2. The van der Waals surface area contributed by atoms with Crippen LogP contribution in [0.3, 0.4) is 0 Å². The summed E-state index contributed by atoms with van der Waals surface area (Å²) in [5, 5.41) is 0. The maximum absolute atomic E-state index is 15.1. The largest absolute Gasteiger partial charge is 0.352 e. The summed E-state index contributed by atoms with van der Waals surface area (Å²) in [7, 11) is 0. The van der Waals surface area contributed by atoms with Crippen LogP contribution in [0.4, 0.5) is 14.5 Å². The molecule has 1 spiro atoms. The lowest BCUT2D eigenvalue weighted by atomic mass is 9.64. The average Bonchev–Trinajstić information content (AvgIpc) is 3.40. The number of fused-ring (bicyclic) bond motifs is 5. The van der Waals surface area contributed by atoms with Crippen LogP contribution in [-0.2, 0) is 0 Å². The number of nitrogens with zero attached hydrogens (tertiary/aromatic N) is 1.